The van der Waals surface area contributed by atoms with E-state index in [4.69, 9.17) is 4.74 Å². The fraction of sp³-hybridized carbons (Fsp3) is 0.417. The Kier molecular flexibility index (Phi) is 5.73. The summed E-state index contributed by atoms with van der Waals surface area (Å²) in [7, 11) is 4.25. The van der Waals surface area contributed by atoms with Crippen LogP contribution in [0.2, 0.25) is 0 Å². The van der Waals surface area contributed by atoms with Gasteiger partial charge >= 0.3 is 11.7 Å². The monoisotopic (exact) mass is 283 g/mol. The molecule has 1 aromatic rings. The van der Waals surface area contributed by atoms with Crippen molar-refractivity contribution in [1.29, 1.82) is 0 Å². The predicted molar refractivity (Wildman–Crippen MR) is 73.4 cm³/mol. The number of rotatable bonds is 7. The van der Waals surface area contributed by atoms with Crippen LogP contribution in [0.3, 0.4) is 0 Å². The van der Waals surface area contributed by atoms with Gasteiger partial charge in [0.25, 0.3) is 0 Å². The molecule has 0 bridgehead atoms. The van der Waals surface area contributed by atoms with Crippen LogP contribution in [0.5, 0.6) is 5.75 Å². The van der Waals surface area contributed by atoms with Crippen molar-refractivity contribution in [3.05, 3.63) is 27.8 Å². The van der Waals surface area contributed by atoms with Crippen LogP contribution in [-0.2, 0) is 4.74 Å². The van der Waals surface area contributed by atoms with Gasteiger partial charge in [0, 0.05) is 13.1 Å². The first-order valence-electron chi connectivity index (χ1n) is 5.89. The zero-order valence-electron chi connectivity index (χ0n) is 11.6. The second kappa shape index (κ2) is 7.29. The highest BCUT2D eigenvalue weighted by Crippen LogP contribution is 2.38. The van der Waals surface area contributed by atoms with Gasteiger partial charge in [-0.05, 0) is 19.2 Å². The van der Waals surface area contributed by atoms with Crippen molar-refractivity contribution < 1.29 is 19.2 Å². The fourth-order valence-electron chi connectivity index (χ4n) is 1.69. The van der Waals surface area contributed by atoms with E-state index in [1.165, 1.54) is 26.4 Å². The third-order valence-electron chi connectivity index (χ3n) is 2.61. The average molecular weight is 283 g/mol. The molecule has 0 atom stereocenters. The Morgan fingerprint density at radius 3 is 2.55 bits per heavy atom. The Hall–Kier alpha value is -2.35. The Morgan fingerprint density at radius 2 is 2.05 bits per heavy atom. The molecule has 0 unspecified atom stereocenters. The molecule has 1 aromatic carbocycles. The molecule has 0 aliphatic rings. The molecule has 2 N–H and O–H groups in total. The summed E-state index contributed by atoms with van der Waals surface area (Å²) < 4.78 is 9.59. The summed E-state index contributed by atoms with van der Waals surface area (Å²) in [4.78, 5) is 22.2. The number of nitrogens with one attached hydrogen (secondary N) is 2. The Bertz CT molecular complexity index is 504. The number of likely N-dealkylation sites (N-methyl/N-ethyl adjacent to an activating group) is 1. The van der Waals surface area contributed by atoms with E-state index in [0.717, 1.165) is 0 Å². The smallest absolute Gasteiger partial charge is 0.341 e. The van der Waals surface area contributed by atoms with Gasteiger partial charge in [0.05, 0.1) is 19.1 Å². The molecule has 0 saturated heterocycles. The van der Waals surface area contributed by atoms with E-state index in [9.17, 15) is 14.9 Å². The Morgan fingerprint density at radius 1 is 1.35 bits per heavy atom. The number of methoxy groups -OCH3 is 2. The number of anilines is 1. The summed E-state index contributed by atoms with van der Waals surface area (Å²) in [5.74, 6) is -0.803. The predicted octanol–water partition coefficient (Wildman–Crippen LogP) is 1.02. The molecule has 0 saturated carbocycles. The molecule has 0 fully saturated rings. The van der Waals surface area contributed by atoms with Crippen molar-refractivity contribution in [2.75, 3.05) is 39.7 Å². The van der Waals surface area contributed by atoms with Crippen LogP contribution < -0.4 is 15.4 Å². The summed E-state index contributed by atoms with van der Waals surface area (Å²) >= 11 is 0. The number of nitro groups is 1. The molecule has 0 aliphatic heterocycles. The maximum Gasteiger partial charge on any atom is 0.341 e. The second-order valence-corrected chi connectivity index (χ2v) is 3.82. The topological polar surface area (TPSA) is 103 Å². The highest BCUT2D eigenvalue weighted by atomic mass is 16.6. The summed E-state index contributed by atoms with van der Waals surface area (Å²) in [6, 6.07) is 2.89. The van der Waals surface area contributed by atoms with Gasteiger partial charge in [-0.1, -0.05) is 0 Å². The lowest BCUT2D eigenvalue weighted by molar-refractivity contribution is -0.384. The normalized spacial score (nSPS) is 9.95. The van der Waals surface area contributed by atoms with Crippen molar-refractivity contribution in [3.63, 3.8) is 0 Å². The molecule has 110 valence electrons. The third-order valence-corrected chi connectivity index (χ3v) is 2.61. The van der Waals surface area contributed by atoms with Crippen LogP contribution in [0.15, 0.2) is 12.1 Å². The van der Waals surface area contributed by atoms with Gasteiger partial charge in [-0.2, -0.15) is 0 Å². The van der Waals surface area contributed by atoms with Crippen molar-refractivity contribution in [1.82, 2.24) is 5.32 Å². The van der Waals surface area contributed by atoms with E-state index < -0.39 is 10.9 Å². The highest BCUT2D eigenvalue weighted by Gasteiger charge is 2.27. The van der Waals surface area contributed by atoms with Gasteiger partial charge in [0.1, 0.15) is 11.3 Å². The first-order chi connectivity index (χ1) is 9.56. The summed E-state index contributed by atoms with van der Waals surface area (Å²) in [5.41, 5.74) is 0.0159. The number of carbonyl (C=O) groups is 1. The maximum absolute atomic E-state index is 11.6. The first kappa shape index (κ1) is 15.7. The van der Waals surface area contributed by atoms with Gasteiger partial charge in [0.15, 0.2) is 0 Å². The van der Waals surface area contributed by atoms with E-state index >= 15 is 0 Å². The average Bonchev–Trinajstić information content (AvgIpc) is 2.45. The molecule has 0 spiro atoms. The molecule has 1 rings (SSSR count). The Balaban J connectivity index is 3.27. The van der Waals surface area contributed by atoms with E-state index in [1.54, 1.807) is 7.05 Å². The maximum atomic E-state index is 11.6. The van der Waals surface area contributed by atoms with Crippen LogP contribution in [0.1, 0.15) is 10.4 Å². The van der Waals surface area contributed by atoms with Crippen LogP contribution in [0.4, 0.5) is 11.4 Å². The molecular weight excluding hydrogens is 266 g/mol. The van der Waals surface area contributed by atoms with Crippen molar-refractivity contribution >= 4 is 17.3 Å². The van der Waals surface area contributed by atoms with E-state index in [-0.39, 0.29) is 22.7 Å². The molecule has 0 amide bonds. The lowest BCUT2D eigenvalue weighted by Gasteiger charge is -2.12. The molecule has 8 heteroatoms. The molecule has 0 aromatic heterocycles. The second-order valence-electron chi connectivity index (χ2n) is 3.82. The van der Waals surface area contributed by atoms with Gasteiger partial charge < -0.3 is 20.1 Å². The van der Waals surface area contributed by atoms with Gasteiger partial charge in [-0.3, -0.25) is 10.1 Å². The molecule has 8 nitrogen and oxygen atoms in total. The van der Waals surface area contributed by atoms with Gasteiger partial charge in [-0.15, -0.1) is 0 Å². The summed E-state index contributed by atoms with van der Waals surface area (Å²) in [6.07, 6.45) is 0. The number of hydrogen-bond donors (Lipinski definition) is 2. The van der Waals surface area contributed by atoms with Crippen molar-refractivity contribution in [2.24, 2.45) is 0 Å². The van der Waals surface area contributed by atoms with Gasteiger partial charge in [0.2, 0.25) is 5.75 Å². The van der Waals surface area contributed by atoms with Crippen molar-refractivity contribution in [3.8, 4) is 5.75 Å². The zero-order chi connectivity index (χ0) is 15.1. The molecule has 0 radical (unpaired) electrons. The number of benzene rings is 1. The molecule has 0 heterocycles. The van der Waals surface area contributed by atoms with Gasteiger partial charge in [-0.25, -0.2) is 4.79 Å². The third kappa shape index (κ3) is 3.35. The van der Waals surface area contributed by atoms with Crippen molar-refractivity contribution in [2.45, 2.75) is 0 Å². The minimum Gasteiger partial charge on any atom is -0.489 e. The first-order valence-corrected chi connectivity index (χ1v) is 5.89. The summed E-state index contributed by atoms with van der Waals surface area (Å²) in [6.45, 7) is 1.14. The lowest BCUT2D eigenvalue weighted by atomic mass is 10.1. The fourth-order valence-corrected chi connectivity index (χ4v) is 1.69. The minimum absolute atomic E-state index is 0.0147. The van der Waals surface area contributed by atoms with Crippen LogP contribution in [0, 0.1) is 10.1 Å². The number of carbonyl (C=O) groups excluding carboxylic acids is 1. The molecule has 0 aliphatic carbocycles. The Labute approximate surface area is 116 Å². The lowest BCUT2D eigenvalue weighted by Crippen LogP contribution is -2.18. The number of hydrogen-bond acceptors (Lipinski definition) is 7. The standard InChI is InChI=1S/C12H17N3O5/c1-13-6-7-14-9-5-4-8(12(16)20-3)11(19-2)10(9)15(17)18/h4-5,13-14H,6-7H2,1-3H3. The minimum atomic E-state index is -0.688. The number of nitrogens with zero attached hydrogens (tertiary/aromatic N) is 1. The summed E-state index contributed by atoms with van der Waals surface area (Å²) in [5, 5.41) is 17.0. The van der Waals surface area contributed by atoms with Crippen LogP contribution in [0.25, 0.3) is 0 Å². The van der Waals surface area contributed by atoms with E-state index in [0.29, 0.717) is 13.1 Å². The SMILES string of the molecule is CNCCNc1ccc(C(=O)OC)c(OC)c1[N+](=O)[O-]. The van der Waals surface area contributed by atoms with Crippen LogP contribution in [-0.4, -0.2) is 45.2 Å². The molecular formula is C12H17N3O5. The quantitative estimate of drug-likeness (QED) is 0.333. The largest absolute Gasteiger partial charge is 0.489 e. The molecule has 20 heavy (non-hydrogen) atoms. The number of ether oxygens (including phenoxy) is 2. The number of esters is 1. The number of nitro benzene ring substituents is 1. The highest BCUT2D eigenvalue weighted by molar-refractivity contribution is 5.95. The van der Waals surface area contributed by atoms with Crippen LogP contribution >= 0.6 is 0 Å². The van der Waals surface area contributed by atoms with E-state index in [2.05, 4.69) is 15.4 Å². The van der Waals surface area contributed by atoms with E-state index in [1.807, 2.05) is 0 Å². The zero-order valence-corrected chi connectivity index (χ0v) is 11.6.